The summed E-state index contributed by atoms with van der Waals surface area (Å²) in [6.45, 7) is 0. The minimum Gasteiger partial charge on any atom is -0.492 e. The van der Waals surface area contributed by atoms with Gasteiger partial charge in [0.1, 0.15) is 6.10 Å². The first kappa shape index (κ1) is 11.9. The van der Waals surface area contributed by atoms with Crippen LogP contribution in [0.5, 0.6) is 0 Å². The van der Waals surface area contributed by atoms with Crippen LogP contribution in [0.2, 0.25) is 0 Å². The number of ether oxygens (including phenoxy) is 1. The van der Waals surface area contributed by atoms with E-state index in [2.05, 4.69) is 26.5 Å². The molecule has 0 aliphatic carbocycles. The highest BCUT2D eigenvalue weighted by molar-refractivity contribution is 9.10. The zero-order valence-electron chi connectivity index (χ0n) is 8.97. The van der Waals surface area contributed by atoms with E-state index in [0.29, 0.717) is 5.56 Å². The lowest BCUT2D eigenvalue weighted by molar-refractivity contribution is 0.0954. The summed E-state index contributed by atoms with van der Waals surface area (Å²) in [6, 6.07) is 7.07. The maximum absolute atomic E-state index is 11.6. The molecule has 0 saturated heterocycles. The molecule has 17 heavy (non-hydrogen) atoms. The van der Waals surface area contributed by atoms with Crippen molar-refractivity contribution in [1.82, 2.24) is 5.43 Å². The van der Waals surface area contributed by atoms with Gasteiger partial charge in [-0.3, -0.25) is 4.79 Å². The predicted octanol–water partition coefficient (Wildman–Crippen LogP) is 2.47. The molecular formula is C12H11BrN2O2. The average Bonchev–Trinajstić information content (AvgIpc) is 2.83. The number of benzene rings is 1. The number of nitrogens with zero attached hydrogens (tertiary/aromatic N) is 1. The van der Waals surface area contributed by atoms with Crippen LogP contribution in [0.4, 0.5) is 0 Å². The zero-order chi connectivity index (χ0) is 12.1. The molecule has 0 saturated carbocycles. The fourth-order valence-corrected chi connectivity index (χ4v) is 1.61. The van der Waals surface area contributed by atoms with Crippen LogP contribution in [-0.2, 0) is 4.74 Å². The predicted molar refractivity (Wildman–Crippen MR) is 68.7 cm³/mol. The van der Waals surface area contributed by atoms with E-state index < -0.39 is 0 Å². The van der Waals surface area contributed by atoms with E-state index in [1.54, 1.807) is 24.6 Å². The van der Waals surface area contributed by atoms with Crippen molar-refractivity contribution >= 4 is 28.1 Å². The maximum Gasteiger partial charge on any atom is 0.271 e. The number of hydrogen-bond donors (Lipinski definition) is 1. The van der Waals surface area contributed by atoms with Crippen LogP contribution in [0.25, 0.3) is 0 Å². The molecule has 4 nitrogen and oxygen atoms in total. The van der Waals surface area contributed by atoms with E-state index in [4.69, 9.17) is 4.74 Å². The summed E-state index contributed by atoms with van der Waals surface area (Å²) in [5, 5.41) is 3.85. The fraction of sp³-hybridized carbons (Fsp3) is 0.167. The van der Waals surface area contributed by atoms with Crippen LogP contribution in [0.15, 0.2) is 46.2 Å². The summed E-state index contributed by atoms with van der Waals surface area (Å²) in [7, 11) is 0. The van der Waals surface area contributed by atoms with Crippen molar-refractivity contribution in [3.8, 4) is 0 Å². The molecule has 1 amide bonds. The summed E-state index contributed by atoms with van der Waals surface area (Å²) in [6.07, 6.45) is 5.84. The first-order valence-electron chi connectivity index (χ1n) is 5.15. The van der Waals surface area contributed by atoms with Gasteiger partial charge in [0.05, 0.1) is 12.5 Å². The van der Waals surface area contributed by atoms with Crippen molar-refractivity contribution in [1.29, 1.82) is 0 Å². The Balaban J connectivity index is 1.86. The molecule has 2 rings (SSSR count). The fourth-order valence-electron chi connectivity index (χ4n) is 1.34. The van der Waals surface area contributed by atoms with Crippen molar-refractivity contribution in [3.63, 3.8) is 0 Å². The van der Waals surface area contributed by atoms with Gasteiger partial charge < -0.3 is 4.74 Å². The normalized spacial score (nSPS) is 18.3. The molecule has 1 N–H and O–H groups in total. The Hall–Kier alpha value is -1.62. The molecule has 1 unspecified atom stereocenters. The first-order valence-corrected chi connectivity index (χ1v) is 5.94. The Morgan fingerprint density at radius 3 is 2.88 bits per heavy atom. The molecule has 1 heterocycles. The van der Waals surface area contributed by atoms with Crippen molar-refractivity contribution in [2.75, 3.05) is 0 Å². The third-order valence-corrected chi connectivity index (χ3v) is 2.76. The third-order valence-electron chi connectivity index (χ3n) is 2.23. The smallest absolute Gasteiger partial charge is 0.271 e. The van der Waals surface area contributed by atoms with Crippen LogP contribution in [0, 0.1) is 0 Å². The number of hydrazone groups is 1. The largest absolute Gasteiger partial charge is 0.492 e. The van der Waals surface area contributed by atoms with E-state index >= 15 is 0 Å². The number of carbonyl (C=O) groups is 1. The van der Waals surface area contributed by atoms with Gasteiger partial charge in [0, 0.05) is 16.5 Å². The number of halogens is 1. The monoisotopic (exact) mass is 294 g/mol. The van der Waals surface area contributed by atoms with Gasteiger partial charge in [-0.05, 0) is 30.3 Å². The first-order chi connectivity index (χ1) is 8.25. The lowest BCUT2D eigenvalue weighted by atomic mass is 10.2. The standard InChI is InChI=1S/C12H11BrN2O2/c13-10-5-3-9(4-6-10)12(16)15-14-8-11-2-1-7-17-11/h1,3-8,11H,2H2,(H,15,16)/b14-8-. The van der Waals surface area contributed by atoms with Gasteiger partial charge >= 0.3 is 0 Å². The highest BCUT2D eigenvalue weighted by Gasteiger charge is 2.08. The number of rotatable bonds is 3. The minimum atomic E-state index is -0.236. The third kappa shape index (κ3) is 3.42. The second-order valence-corrected chi connectivity index (χ2v) is 4.42. The van der Waals surface area contributed by atoms with Crippen LogP contribution in [-0.4, -0.2) is 18.2 Å². The van der Waals surface area contributed by atoms with Crippen molar-refractivity contribution < 1.29 is 9.53 Å². The Morgan fingerprint density at radius 2 is 2.24 bits per heavy atom. The van der Waals surface area contributed by atoms with Crippen LogP contribution < -0.4 is 5.43 Å². The van der Waals surface area contributed by atoms with Gasteiger partial charge in [0.2, 0.25) is 0 Å². The molecule has 1 aromatic rings. The summed E-state index contributed by atoms with van der Waals surface area (Å²) in [5.41, 5.74) is 3.02. The molecule has 0 spiro atoms. The number of hydrogen-bond acceptors (Lipinski definition) is 3. The number of nitrogens with one attached hydrogen (secondary N) is 1. The Kier molecular flexibility index (Phi) is 3.93. The quantitative estimate of drug-likeness (QED) is 0.688. The Morgan fingerprint density at radius 1 is 1.47 bits per heavy atom. The lowest BCUT2D eigenvalue weighted by Crippen LogP contribution is -2.19. The van der Waals surface area contributed by atoms with Gasteiger partial charge in [-0.2, -0.15) is 5.10 Å². The molecule has 1 aromatic carbocycles. The molecule has 1 aliphatic heterocycles. The second-order valence-electron chi connectivity index (χ2n) is 3.51. The summed E-state index contributed by atoms with van der Waals surface area (Å²) in [5.74, 6) is -0.236. The van der Waals surface area contributed by atoms with E-state index in [1.807, 2.05) is 18.2 Å². The van der Waals surface area contributed by atoms with Crippen LogP contribution in [0.3, 0.4) is 0 Å². The summed E-state index contributed by atoms with van der Waals surface area (Å²) in [4.78, 5) is 11.6. The molecule has 0 bridgehead atoms. The molecule has 0 radical (unpaired) electrons. The highest BCUT2D eigenvalue weighted by atomic mass is 79.9. The van der Waals surface area contributed by atoms with Crippen molar-refractivity contribution in [2.45, 2.75) is 12.5 Å². The zero-order valence-corrected chi connectivity index (χ0v) is 10.6. The Bertz CT molecular complexity index is 446. The molecule has 1 atom stereocenters. The molecule has 0 aromatic heterocycles. The van der Waals surface area contributed by atoms with E-state index in [9.17, 15) is 4.79 Å². The van der Waals surface area contributed by atoms with Crippen molar-refractivity contribution in [3.05, 3.63) is 46.6 Å². The lowest BCUT2D eigenvalue weighted by Gasteiger charge is -2.03. The summed E-state index contributed by atoms with van der Waals surface area (Å²) >= 11 is 3.31. The van der Waals surface area contributed by atoms with Gasteiger partial charge in [-0.25, -0.2) is 5.43 Å². The Labute approximate surface area is 107 Å². The molecular weight excluding hydrogens is 284 g/mol. The molecule has 0 fully saturated rings. The van der Waals surface area contributed by atoms with E-state index in [1.165, 1.54) is 0 Å². The van der Waals surface area contributed by atoms with Gasteiger partial charge in [-0.15, -0.1) is 0 Å². The van der Waals surface area contributed by atoms with Crippen LogP contribution >= 0.6 is 15.9 Å². The van der Waals surface area contributed by atoms with Gasteiger partial charge in [-0.1, -0.05) is 15.9 Å². The molecule has 88 valence electrons. The van der Waals surface area contributed by atoms with Gasteiger partial charge in [0.25, 0.3) is 5.91 Å². The maximum atomic E-state index is 11.6. The van der Waals surface area contributed by atoms with E-state index in [0.717, 1.165) is 10.9 Å². The average molecular weight is 295 g/mol. The topological polar surface area (TPSA) is 50.7 Å². The minimum absolute atomic E-state index is 0.0692. The molecule has 1 aliphatic rings. The SMILES string of the molecule is O=C(N/N=C\C1CC=CO1)c1ccc(Br)cc1. The van der Waals surface area contributed by atoms with Crippen LogP contribution in [0.1, 0.15) is 16.8 Å². The second kappa shape index (κ2) is 5.63. The summed E-state index contributed by atoms with van der Waals surface area (Å²) < 4.78 is 6.10. The number of carbonyl (C=O) groups excluding carboxylic acids is 1. The highest BCUT2D eigenvalue weighted by Crippen LogP contribution is 2.10. The van der Waals surface area contributed by atoms with Gasteiger partial charge in [0.15, 0.2) is 0 Å². The van der Waals surface area contributed by atoms with Crippen molar-refractivity contribution in [2.24, 2.45) is 5.10 Å². The molecule has 5 heteroatoms. The van der Waals surface area contributed by atoms with E-state index in [-0.39, 0.29) is 12.0 Å². The number of amides is 1.